The Morgan fingerprint density at radius 2 is 1.69 bits per heavy atom. The maximum absolute atomic E-state index is 12.1. The first-order valence-electron chi connectivity index (χ1n) is 10.2. The quantitative estimate of drug-likeness (QED) is 0.206. The zero-order valence-corrected chi connectivity index (χ0v) is 20.2. The highest BCUT2D eigenvalue weighted by atomic mass is 32.2. The van der Waals surface area contributed by atoms with E-state index in [0.717, 1.165) is 5.69 Å². The summed E-state index contributed by atoms with van der Waals surface area (Å²) >= 11 is 2.66. The lowest BCUT2D eigenvalue weighted by Crippen LogP contribution is -2.14. The molecule has 10 nitrogen and oxygen atoms in total. The molecule has 0 spiro atoms. The Balaban J connectivity index is 1.40. The van der Waals surface area contributed by atoms with Gasteiger partial charge in [-0.2, -0.15) is 0 Å². The highest BCUT2D eigenvalue weighted by molar-refractivity contribution is 7.99. The lowest BCUT2D eigenvalue weighted by Gasteiger charge is -2.06. The van der Waals surface area contributed by atoms with Crippen LogP contribution in [0, 0.1) is 10.1 Å². The standard InChI is InChI=1S/C23H21N5O5S2/c1-15(29)24-17-5-7-18(8-6-17)25-22(31)14-34-12-19-13-35-23(26-19)27-21(30)11-4-16-2-9-20(10-3-16)28(32)33/h2-11,13H,12,14H2,1H3,(H,24,29)(H,25,31)(H,26,27,30)/b11-4+. The molecule has 0 saturated carbocycles. The van der Waals surface area contributed by atoms with Gasteiger partial charge in [0.15, 0.2) is 5.13 Å². The number of benzene rings is 2. The van der Waals surface area contributed by atoms with E-state index in [1.54, 1.807) is 47.9 Å². The van der Waals surface area contributed by atoms with Crippen LogP contribution in [0.15, 0.2) is 60.0 Å². The van der Waals surface area contributed by atoms with Crippen molar-refractivity contribution in [2.75, 3.05) is 21.7 Å². The Morgan fingerprint density at radius 1 is 1.03 bits per heavy atom. The number of rotatable bonds is 10. The molecule has 0 saturated heterocycles. The lowest BCUT2D eigenvalue weighted by molar-refractivity contribution is -0.384. The minimum absolute atomic E-state index is 0.0189. The summed E-state index contributed by atoms with van der Waals surface area (Å²) in [4.78, 5) is 49.8. The molecule has 1 aromatic heterocycles. The van der Waals surface area contributed by atoms with Crippen molar-refractivity contribution >= 4 is 69.1 Å². The van der Waals surface area contributed by atoms with Gasteiger partial charge in [0.25, 0.3) is 5.69 Å². The van der Waals surface area contributed by atoms with Crippen LogP contribution in [0.25, 0.3) is 6.08 Å². The van der Waals surface area contributed by atoms with Gasteiger partial charge in [-0.25, -0.2) is 4.98 Å². The average Bonchev–Trinajstić information content (AvgIpc) is 3.26. The Kier molecular flexibility index (Phi) is 9.09. The molecule has 3 rings (SSSR count). The molecule has 0 aliphatic carbocycles. The molecule has 0 aliphatic rings. The van der Waals surface area contributed by atoms with E-state index in [0.29, 0.717) is 27.8 Å². The molecule has 35 heavy (non-hydrogen) atoms. The number of nitro benzene ring substituents is 1. The summed E-state index contributed by atoms with van der Waals surface area (Å²) < 4.78 is 0. The van der Waals surface area contributed by atoms with Crippen molar-refractivity contribution in [3.8, 4) is 0 Å². The van der Waals surface area contributed by atoms with Crippen LogP contribution in [-0.4, -0.2) is 33.4 Å². The molecule has 0 aliphatic heterocycles. The number of carbonyl (C=O) groups excluding carboxylic acids is 3. The van der Waals surface area contributed by atoms with E-state index < -0.39 is 4.92 Å². The predicted octanol–water partition coefficient (Wildman–Crippen LogP) is 4.53. The summed E-state index contributed by atoms with van der Waals surface area (Å²) in [5, 5.41) is 21.0. The summed E-state index contributed by atoms with van der Waals surface area (Å²) in [5.41, 5.74) is 2.66. The Labute approximate surface area is 209 Å². The van der Waals surface area contributed by atoms with Crippen LogP contribution in [0.3, 0.4) is 0 Å². The maximum Gasteiger partial charge on any atom is 0.269 e. The number of nitrogens with zero attached hydrogens (tertiary/aromatic N) is 2. The van der Waals surface area contributed by atoms with Gasteiger partial charge in [-0.15, -0.1) is 23.1 Å². The molecule has 0 radical (unpaired) electrons. The largest absolute Gasteiger partial charge is 0.326 e. The van der Waals surface area contributed by atoms with E-state index in [9.17, 15) is 24.5 Å². The molecule has 12 heteroatoms. The Bertz CT molecular complexity index is 1240. The average molecular weight is 512 g/mol. The number of anilines is 3. The van der Waals surface area contributed by atoms with Crippen molar-refractivity contribution in [2.45, 2.75) is 12.7 Å². The first kappa shape index (κ1) is 25.6. The van der Waals surface area contributed by atoms with E-state index in [4.69, 9.17) is 0 Å². The normalized spacial score (nSPS) is 10.7. The van der Waals surface area contributed by atoms with Crippen molar-refractivity contribution in [1.82, 2.24) is 4.98 Å². The first-order valence-corrected chi connectivity index (χ1v) is 12.2. The van der Waals surface area contributed by atoms with Crippen LogP contribution in [0.4, 0.5) is 22.2 Å². The van der Waals surface area contributed by atoms with Crippen LogP contribution < -0.4 is 16.0 Å². The molecule has 3 N–H and O–H groups in total. The van der Waals surface area contributed by atoms with Crippen LogP contribution in [0.5, 0.6) is 0 Å². The summed E-state index contributed by atoms with van der Waals surface area (Å²) in [5.74, 6) is 0.0229. The minimum Gasteiger partial charge on any atom is -0.326 e. The fourth-order valence-corrected chi connectivity index (χ4v) is 4.28. The zero-order valence-electron chi connectivity index (χ0n) is 18.5. The number of thioether (sulfide) groups is 1. The first-order chi connectivity index (χ1) is 16.8. The van der Waals surface area contributed by atoms with E-state index in [1.807, 2.05) is 0 Å². The third-order valence-corrected chi connectivity index (χ3v) is 6.06. The molecule has 3 aromatic rings. The summed E-state index contributed by atoms with van der Waals surface area (Å²) in [7, 11) is 0. The van der Waals surface area contributed by atoms with Crippen LogP contribution in [0.1, 0.15) is 18.2 Å². The van der Waals surface area contributed by atoms with Gasteiger partial charge in [-0.3, -0.25) is 29.8 Å². The predicted molar refractivity (Wildman–Crippen MR) is 138 cm³/mol. The van der Waals surface area contributed by atoms with Gasteiger partial charge in [-0.05, 0) is 48.0 Å². The summed E-state index contributed by atoms with van der Waals surface area (Å²) in [6.07, 6.45) is 2.87. The monoisotopic (exact) mass is 511 g/mol. The van der Waals surface area contributed by atoms with Gasteiger partial charge < -0.3 is 10.6 Å². The number of nitrogens with one attached hydrogen (secondary N) is 3. The topological polar surface area (TPSA) is 143 Å². The van der Waals surface area contributed by atoms with Crippen molar-refractivity contribution in [2.24, 2.45) is 0 Å². The Morgan fingerprint density at radius 3 is 2.31 bits per heavy atom. The van der Waals surface area contributed by atoms with Crippen molar-refractivity contribution < 1.29 is 19.3 Å². The van der Waals surface area contributed by atoms with E-state index in [2.05, 4.69) is 20.9 Å². The minimum atomic E-state index is -0.486. The van der Waals surface area contributed by atoms with Gasteiger partial charge in [0.05, 0.1) is 16.4 Å². The van der Waals surface area contributed by atoms with Crippen LogP contribution in [-0.2, 0) is 20.1 Å². The fourth-order valence-electron chi connectivity index (χ4n) is 2.74. The molecule has 2 aromatic carbocycles. The van der Waals surface area contributed by atoms with Gasteiger partial charge in [0.1, 0.15) is 0 Å². The number of thiazole rings is 1. The molecule has 3 amide bonds. The van der Waals surface area contributed by atoms with Crippen molar-refractivity contribution in [3.63, 3.8) is 0 Å². The molecular weight excluding hydrogens is 490 g/mol. The molecule has 180 valence electrons. The number of non-ortho nitro benzene ring substituents is 1. The van der Waals surface area contributed by atoms with Crippen molar-refractivity contribution in [1.29, 1.82) is 0 Å². The van der Waals surface area contributed by atoms with Gasteiger partial charge in [0, 0.05) is 47.6 Å². The van der Waals surface area contributed by atoms with E-state index in [-0.39, 0.29) is 29.2 Å². The van der Waals surface area contributed by atoms with Gasteiger partial charge in [-0.1, -0.05) is 0 Å². The summed E-state index contributed by atoms with van der Waals surface area (Å²) in [6, 6.07) is 12.7. The number of carbonyl (C=O) groups is 3. The van der Waals surface area contributed by atoms with Gasteiger partial charge >= 0.3 is 0 Å². The fraction of sp³-hybridized carbons (Fsp3) is 0.130. The number of hydrogen-bond donors (Lipinski definition) is 3. The highest BCUT2D eigenvalue weighted by Crippen LogP contribution is 2.20. The Hall–Kier alpha value is -4.03. The van der Waals surface area contributed by atoms with Crippen molar-refractivity contribution in [3.05, 3.63) is 81.4 Å². The highest BCUT2D eigenvalue weighted by Gasteiger charge is 2.08. The van der Waals surface area contributed by atoms with E-state index in [1.165, 1.54) is 48.2 Å². The molecule has 0 atom stereocenters. The zero-order chi connectivity index (χ0) is 25.2. The van der Waals surface area contributed by atoms with Crippen LogP contribution in [0.2, 0.25) is 0 Å². The smallest absolute Gasteiger partial charge is 0.269 e. The number of hydrogen-bond acceptors (Lipinski definition) is 8. The molecule has 1 heterocycles. The van der Waals surface area contributed by atoms with Crippen LogP contribution >= 0.6 is 23.1 Å². The molecule has 0 bridgehead atoms. The second kappa shape index (κ2) is 12.4. The van der Waals surface area contributed by atoms with Gasteiger partial charge in [0.2, 0.25) is 17.7 Å². The SMILES string of the molecule is CC(=O)Nc1ccc(NC(=O)CSCc2csc(NC(=O)/C=C/c3ccc([N+](=O)[O-])cc3)n2)cc1. The molecule has 0 fully saturated rings. The summed E-state index contributed by atoms with van der Waals surface area (Å²) in [6.45, 7) is 1.42. The number of nitro groups is 1. The number of aromatic nitrogens is 1. The number of amides is 3. The second-order valence-corrected chi connectivity index (χ2v) is 8.96. The second-order valence-electron chi connectivity index (χ2n) is 7.11. The maximum atomic E-state index is 12.1. The molecule has 0 unspecified atom stereocenters. The third kappa shape index (κ3) is 8.68. The van der Waals surface area contributed by atoms with E-state index >= 15 is 0 Å². The third-order valence-electron chi connectivity index (χ3n) is 4.29. The lowest BCUT2D eigenvalue weighted by atomic mass is 10.2. The molecular formula is C23H21N5O5S2.